The van der Waals surface area contributed by atoms with Gasteiger partial charge in [0.15, 0.2) is 5.76 Å². The zero-order valence-electron chi connectivity index (χ0n) is 17.7. The molecule has 0 saturated carbocycles. The van der Waals surface area contributed by atoms with E-state index in [0.717, 1.165) is 17.5 Å². The maximum absolute atomic E-state index is 12.9. The summed E-state index contributed by atoms with van der Waals surface area (Å²) in [5.74, 6) is 0.223. The summed E-state index contributed by atoms with van der Waals surface area (Å²) in [4.78, 5) is 25.3. The molecule has 0 fully saturated rings. The summed E-state index contributed by atoms with van der Waals surface area (Å²) >= 11 is 6.15. The number of carbonyl (C=O) groups excluding carboxylic acids is 2. The van der Waals surface area contributed by atoms with E-state index in [2.05, 4.69) is 15.8 Å². The van der Waals surface area contributed by atoms with Gasteiger partial charge < -0.3 is 14.8 Å². The van der Waals surface area contributed by atoms with E-state index >= 15 is 0 Å². The van der Waals surface area contributed by atoms with Crippen molar-refractivity contribution in [2.24, 2.45) is 5.10 Å². The molecule has 0 radical (unpaired) electrons. The molecule has 2 amide bonds. The number of nitrogens with zero attached hydrogens (tertiary/aromatic N) is 1. The lowest BCUT2D eigenvalue weighted by Crippen LogP contribution is -2.22. The smallest absolute Gasteiger partial charge is 0.291 e. The molecule has 0 atom stereocenters. The fraction of sp³-hybridized carbons (Fsp3) is 0.208. The molecule has 1 aromatic heterocycles. The van der Waals surface area contributed by atoms with Gasteiger partial charge in [-0.05, 0) is 68.7 Å². The van der Waals surface area contributed by atoms with Crippen LogP contribution in [0.3, 0.4) is 0 Å². The van der Waals surface area contributed by atoms with Crippen LogP contribution in [-0.2, 0) is 6.42 Å². The van der Waals surface area contributed by atoms with Gasteiger partial charge in [-0.15, -0.1) is 0 Å². The van der Waals surface area contributed by atoms with Crippen LogP contribution < -0.4 is 10.7 Å². The Morgan fingerprint density at radius 3 is 2.53 bits per heavy atom. The number of rotatable bonds is 4. The third-order valence-electron chi connectivity index (χ3n) is 5.47. The van der Waals surface area contributed by atoms with Crippen molar-refractivity contribution in [1.29, 1.82) is 0 Å². The molecule has 3 N–H and O–H groups in total. The molecule has 4 rings (SSSR count). The van der Waals surface area contributed by atoms with E-state index in [-0.39, 0.29) is 23.3 Å². The Balaban J connectivity index is 1.57. The summed E-state index contributed by atoms with van der Waals surface area (Å²) in [6.45, 7) is 3.64. The highest BCUT2D eigenvalue weighted by Crippen LogP contribution is 2.31. The Kier molecular flexibility index (Phi) is 6.01. The monoisotopic (exact) mass is 451 g/mol. The fourth-order valence-electron chi connectivity index (χ4n) is 3.71. The van der Waals surface area contributed by atoms with Crippen LogP contribution >= 0.6 is 11.6 Å². The average molecular weight is 452 g/mol. The Hall–Kier alpha value is -3.58. The molecule has 1 aliphatic carbocycles. The van der Waals surface area contributed by atoms with E-state index in [0.29, 0.717) is 46.2 Å². The van der Waals surface area contributed by atoms with Gasteiger partial charge in [0.2, 0.25) is 0 Å². The van der Waals surface area contributed by atoms with Crippen molar-refractivity contribution in [3.05, 3.63) is 81.3 Å². The Morgan fingerprint density at radius 1 is 1.03 bits per heavy atom. The number of furan rings is 1. The van der Waals surface area contributed by atoms with Gasteiger partial charge in [-0.25, -0.2) is 5.43 Å². The molecule has 0 bridgehead atoms. The normalized spacial score (nSPS) is 14.2. The Bertz CT molecular complexity index is 1230. The molecule has 1 aliphatic rings. The minimum Gasteiger partial charge on any atom is -0.508 e. The molecule has 1 heterocycles. The fourth-order valence-corrected chi connectivity index (χ4v) is 3.89. The lowest BCUT2D eigenvalue weighted by molar-refractivity contribution is 0.0953. The lowest BCUT2D eigenvalue weighted by Gasteiger charge is -2.13. The Morgan fingerprint density at radius 2 is 1.78 bits per heavy atom. The standard InChI is InChI=1S/C24H22ClN3O4/c1-13-17(25)5-3-6-18(13)26-24(31)22-14(2)21-19(7-4-8-20(21)32-22)27-28-23(30)15-9-11-16(29)12-10-15/h3,5-6,9-12,29H,4,7-8H2,1-2H3,(H,26,31)(H,28,30)/b27-19+. The maximum Gasteiger partial charge on any atom is 0.291 e. The number of phenols is 1. The van der Waals surface area contributed by atoms with Gasteiger partial charge in [0.05, 0.1) is 5.71 Å². The lowest BCUT2D eigenvalue weighted by atomic mass is 9.93. The van der Waals surface area contributed by atoms with Gasteiger partial charge in [0, 0.05) is 33.8 Å². The third-order valence-corrected chi connectivity index (χ3v) is 5.88. The minimum absolute atomic E-state index is 0.0811. The second kappa shape index (κ2) is 8.88. The summed E-state index contributed by atoms with van der Waals surface area (Å²) < 4.78 is 5.91. The summed E-state index contributed by atoms with van der Waals surface area (Å²) in [5, 5.41) is 17.1. The molecule has 164 valence electrons. The predicted molar refractivity (Wildman–Crippen MR) is 123 cm³/mol. The SMILES string of the molecule is Cc1c(Cl)cccc1NC(=O)c1oc2c(c1C)/C(=N/NC(=O)c1ccc(O)cc1)CCC2. The van der Waals surface area contributed by atoms with Crippen LogP contribution in [0, 0.1) is 13.8 Å². The van der Waals surface area contributed by atoms with Crippen molar-refractivity contribution >= 4 is 34.8 Å². The van der Waals surface area contributed by atoms with Crippen LogP contribution in [0.25, 0.3) is 0 Å². The van der Waals surface area contributed by atoms with Crippen LogP contribution in [0.5, 0.6) is 5.75 Å². The van der Waals surface area contributed by atoms with Crippen molar-refractivity contribution in [3.63, 3.8) is 0 Å². The van der Waals surface area contributed by atoms with E-state index in [1.807, 2.05) is 13.8 Å². The summed E-state index contributed by atoms with van der Waals surface area (Å²) in [6.07, 6.45) is 2.13. The molecule has 3 aromatic rings. The number of halogens is 1. The number of phenolic OH excluding ortho intramolecular Hbond substituents is 1. The number of carbonyl (C=O) groups is 2. The van der Waals surface area contributed by atoms with Crippen molar-refractivity contribution in [3.8, 4) is 5.75 Å². The number of nitrogens with one attached hydrogen (secondary N) is 2. The van der Waals surface area contributed by atoms with E-state index in [9.17, 15) is 14.7 Å². The predicted octanol–water partition coefficient (Wildman–Crippen LogP) is 4.98. The zero-order valence-corrected chi connectivity index (χ0v) is 18.4. The molecule has 32 heavy (non-hydrogen) atoms. The topological polar surface area (TPSA) is 104 Å². The first-order valence-corrected chi connectivity index (χ1v) is 10.6. The minimum atomic E-state index is -0.389. The molecule has 0 spiro atoms. The molecule has 2 aromatic carbocycles. The Labute approximate surface area is 190 Å². The number of hydrazone groups is 1. The van der Waals surface area contributed by atoms with Crippen molar-refractivity contribution in [1.82, 2.24) is 5.43 Å². The number of benzene rings is 2. The van der Waals surface area contributed by atoms with Crippen molar-refractivity contribution in [2.75, 3.05) is 5.32 Å². The highest BCUT2D eigenvalue weighted by atomic mass is 35.5. The van der Waals surface area contributed by atoms with E-state index in [4.69, 9.17) is 16.0 Å². The van der Waals surface area contributed by atoms with Crippen LogP contribution in [0.1, 0.15) is 56.2 Å². The quantitative estimate of drug-likeness (QED) is 0.486. The van der Waals surface area contributed by atoms with E-state index in [1.54, 1.807) is 18.2 Å². The third kappa shape index (κ3) is 4.24. The molecule has 0 saturated heterocycles. The first-order chi connectivity index (χ1) is 15.3. The highest BCUT2D eigenvalue weighted by molar-refractivity contribution is 6.31. The first-order valence-electron chi connectivity index (χ1n) is 10.2. The van der Waals surface area contributed by atoms with Crippen molar-refractivity contribution < 1.29 is 19.1 Å². The van der Waals surface area contributed by atoms with Gasteiger partial charge in [0.1, 0.15) is 11.5 Å². The van der Waals surface area contributed by atoms with Gasteiger partial charge in [-0.1, -0.05) is 17.7 Å². The number of aromatic hydroxyl groups is 1. The molecule has 7 nitrogen and oxygen atoms in total. The van der Waals surface area contributed by atoms with Crippen LogP contribution in [0.4, 0.5) is 5.69 Å². The van der Waals surface area contributed by atoms with Gasteiger partial charge >= 0.3 is 0 Å². The second-order valence-electron chi connectivity index (χ2n) is 7.62. The van der Waals surface area contributed by atoms with Gasteiger partial charge in [-0.3, -0.25) is 9.59 Å². The highest BCUT2D eigenvalue weighted by Gasteiger charge is 2.28. The maximum atomic E-state index is 12.9. The molecule has 0 aliphatic heterocycles. The second-order valence-corrected chi connectivity index (χ2v) is 8.03. The van der Waals surface area contributed by atoms with Crippen molar-refractivity contribution in [2.45, 2.75) is 33.1 Å². The first kappa shape index (κ1) is 21.6. The molecular weight excluding hydrogens is 430 g/mol. The van der Waals surface area contributed by atoms with Gasteiger partial charge in [-0.2, -0.15) is 5.10 Å². The summed E-state index contributed by atoms with van der Waals surface area (Å²) in [5.41, 5.74) is 6.43. The number of amides is 2. The average Bonchev–Trinajstić information content (AvgIpc) is 3.13. The van der Waals surface area contributed by atoms with Crippen LogP contribution in [0.15, 0.2) is 52.0 Å². The van der Waals surface area contributed by atoms with Crippen LogP contribution in [0.2, 0.25) is 5.02 Å². The number of fused-ring (bicyclic) bond motifs is 1. The van der Waals surface area contributed by atoms with Crippen LogP contribution in [-0.4, -0.2) is 22.6 Å². The molecule has 0 unspecified atom stereocenters. The summed E-state index contributed by atoms with van der Waals surface area (Å²) in [7, 11) is 0. The van der Waals surface area contributed by atoms with E-state index in [1.165, 1.54) is 24.3 Å². The largest absolute Gasteiger partial charge is 0.508 e. The summed E-state index contributed by atoms with van der Waals surface area (Å²) in [6, 6.07) is 11.2. The number of anilines is 1. The van der Waals surface area contributed by atoms with E-state index < -0.39 is 0 Å². The van der Waals surface area contributed by atoms with Gasteiger partial charge in [0.25, 0.3) is 11.8 Å². The zero-order chi connectivity index (χ0) is 22.8. The number of aryl methyl sites for hydroxylation is 1. The number of hydrogen-bond donors (Lipinski definition) is 3. The number of hydrogen-bond acceptors (Lipinski definition) is 5. The molecule has 8 heteroatoms. The molecular formula is C24H22ClN3O4.